The number of esters is 1. The van der Waals surface area contributed by atoms with Crippen LogP contribution in [0, 0.1) is 18.3 Å². The van der Waals surface area contributed by atoms with Gasteiger partial charge in [0.15, 0.2) is 0 Å². The first-order valence-electron chi connectivity index (χ1n) is 9.49. The summed E-state index contributed by atoms with van der Waals surface area (Å²) in [6.45, 7) is 4.15. The zero-order chi connectivity index (χ0) is 21.1. The number of rotatable bonds is 5. The number of nitriles is 1. The van der Waals surface area contributed by atoms with Crippen molar-refractivity contribution < 1.29 is 9.53 Å². The minimum Gasteiger partial charge on any atom is -0.466 e. The van der Waals surface area contributed by atoms with E-state index in [0.29, 0.717) is 17.2 Å². The van der Waals surface area contributed by atoms with Crippen LogP contribution in [0.4, 0.5) is 5.69 Å². The molecule has 0 amide bonds. The van der Waals surface area contributed by atoms with Gasteiger partial charge in [-0.15, -0.1) is 11.3 Å². The highest BCUT2D eigenvalue weighted by atomic mass is 32.2. The molecule has 0 unspecified atom stereocenters. The number of hydrogen-bond donors (Lipinski definition) is 0. The first-order chi connectivity index (χ1) is 14.6. The third kappa shape index (κ3) is 3.97. The summed E-state index contributed by atoms with van der Waals surface area (Å²) in [7, 11) is 0. The Bertz CT molecular complexity index is 1170. The Hall–Kier alpha value is -3.08. The molecule has 30 heavy (non-hydrogen) atoms. The molecule has 150 valence electrons. The third-order valence-electron chi connectivity index (χ3n) is 4.55. The van der Waals surface area contributed by atoms with Crippen LogP contribution in [0.5, 0.6) is 0 Å². The second-order valence-corrected chi connectivity index (χ2v) is 8.55. The third-order valence-corrected chi connectivity index (χ3v) is 6.61. The van der Waals surface area contributed by atoms with Gasteiger partial charge in [-0.2, -0.15) is 5.26 Å². The molecule has 0 saturated heterocycles. The zero-order valence-electron chi connectivity index (χ0n) is 16.6. The highest BCUT2D eigenvalue weighted by Gasteiger charge is 2.29. The summed E-state index contributed by atoms with van der Waals surface area (Å²) in [5, 5.41) is 13.4. The fourth-order valence-corrected chi connectivity index (χ4v) is 5.21. The standard InChI is InChI=1S/C23H19N3O2S2/c1-3-28-21(27)12-17-14-29-23(26(17)16-10-8-15(2)9-11-16)18(13-24)22-25-19-6-4-5-7-20(19)30-22/h4-11,14H,3,12H2,1-2H3/b23-18-. The largest absolute Gasteiger partial charge is 0.466 e. The van der Waals surface area contributed by atoms with Crippen LogP contribution in [-0.2, 0) is 9.53 Å². The van der Waals surface area contributed by atoms with Crippen LogP contribution >= 0.6 is 23.1 Å². The predicted octanol–water partition coefficient (Wildman–Crippen LogP) is 5.84. The van der Waals surface area contributed by atoms with Crippen LogP contribution in [0.2, 0.25) is 0 Å². The average Bonchev–Trinajstić information content (AvgIpc) is 3.34. The van der Waals surface area contributed by atoms with Gasteiger partial charge in [0, 0.05) is 11.4 Å². The monoisotopic (exact) mass is 433 g/mol. The maximum atomic E-state index is 12.2. The number of aryl methyl sites for hydroxylation is 1. The van der Waals surface area contributed by atoms with E-state index in [1.54, 1.807) is 6.92 Å². The topological polar surface area (TPSA) is 66.2 Å². The molecule has 4 rings (SSSR count). The normalized spacial score (nSPS) is 15.1. The van der Waals surface area contributed by atoms with E-state index in [-0.39, 0.29) is 12.4 Å². The number of benzene rings is 2. The lowest BCUT2D eigenvalue weighted by atomic mass is 10.2. The van der Waals surface area contributed by atoms with Crippen LogP contribution < -0.4 is 4.90 Å². The molecular weight excluding hydrogens is 414 g/mol. The number of aromatic nitrogens is 1. The van der Waals surface area contributed by atoms with Crippen LogP contribution in [0.1, 0.15) is 23.9 Å². The molecule has 1 aromatic heterocycles. The Morgan fingerprint density at radius 1 is 1.20 bits per heavy atom. The summed E-state index contributed by atoms with van der Waals surface area (Å²) < 4.78 is 6.18. The maximum Gasteiger partial charge on any atom is 0.311 e. The molecule has 0 saturated carbocycles. The molecule has 0 bridgehead atoms. The van der Waals surface area contributed by atoms with Gasteiger partial charge in [-0.1, -0.05) is 41.6 Å². The summed E-state index contributed by atoms with van der Waals surface area (Å²) in [6.07, 6.45) is 0.136. The van der Waals surface area contributed by atoms with Gasteiger partial charge in [0.25, 0.3) is 0 Å². The van der Waals surface area contributed by atoms with Gasteiger partial charge in [-0.25, -0.2) is 4.98 Å². The number of thioether (sulfide) groups is 1. The van der Waals surface area contributed by atoms with Crippen LogP contribution in [0.15, 0.2) is 64.7 Å². The van der Waals surface area contributed by atoms with E-state index >= 15 is 0 Å². The number of nitrogens with zero attached hydrogens (tertiary/aromatic N) is 3. The van der Waals surface area contributed by atoms with Gasteiger partial charge in [0.1, 0.15) is 21.7 Å². The quantitative estimate of drug-likeness (QED) is 0.372. The van der Waals surface area contributed by atoms with Gasteiger partial charge >= 0.3 is 5.97 Å². The van der Waals surface area contributed by atoms with E-state index in [1.165, 1.54) is 23.1 Å². The van der Waals surface area contributed by atoms with E-state index in [9.17, 15) is 10.1 Å². The van der Waals surface area contributed by atoms with Crippen molar-refractivity contribution in [1.29, 1.82) is 5.26 Å². The highest BCUT2D eigenvalue weighted by molar-refractivity contribution is 8.06. The first-order valence-corrected chi connectivity index (χ1v) is 11.2. The molecule has 1 aliphatic heterocycles. The van der Waals surface area contributed by atoms with Crippen molar-refractivity contribution in [3.05, 3.63) is 75.2 Å². The molecule has 1 aliphatic rings. The molecule has 0 atom stereocenters. The number of allylic oxidation sites excluding steroid dienone is 1. The smallest absolute Gasteiger partial charge is 0.311 e. The minimum atomic E-state index is -0.291. The van der Waals surface area contributed by atoms with Crippen molar-refractivity contribution in [2.45, 2.75) is 20.3 Å². The lowest BCUT2D eigenvalue weighted by Crippen LogP contribution is -2.20. The van der Waals surface area contributed by atoms with Crippen LogP contribution in [-0.4, -0.2) is 17.6 Å². The second kappa shape index (κ2) is 8.74. The Balaban J connectivity index is 1.80. The molecular formula is C23H19N3O2S2. The van der Waals surface area contributed by atoms with E-state index in [2.05, 4.69) is 11.1 Å². The van der Waals surface area contributed by atoms with Crippen molar-refractivity contribution in [2.75, 3.05) is 11.5 Å². The number of ether oxygens (including phenoxy) is 1. The minimum absolute atomic E-state index is 0.136. The number of carbonyl (C=O) groups is 1. The Morgan fingerprint density at radius 3 is 2.67 bits per heavy atom. The molecule has 0 fully saturated rings. The lowest BCUT2D eigenvalue weighted by Gasteiger charge is -2.24. The molecule has 0 spiro atoms. The van der Waals surface area contributed by atoms with E-state index in [4.69, 9.17) is 4.74 Å². The number of carbonyl (C=O) groups excluding carboxylic acids is 1. The summed E-state index contributed by atoms with van der Waals surface area (Å²) in [5.74, 6) is -0.291. The van der Waals surface area contributed by atoms with Crippen molar-refractivity contribution in [3.8, 4) is 6.07 Å². The van der Waals surface area contributed by atoms with Crippen LogP contribution in [0.3, 0.4) is 0 Å². The Kier molecular flexibility index (Phi) is 5.88. The van der Waals surface area contributed by atoms with Crippen molar-refractivity contribution in [3.63, 3.8) is 0 Å². The average molecular weight is 434 g/mol. The predicted molar refractivity (Wildman–Crippen MR) is 123 cm³/mol. The fourth-order valence-electron chi connectivity index (χ4n) is 3.15. The van der Waals surface area contributed by atoms with Gasteiger partial charge in [0.2, 0.25) is 0 Å². The Morgan fingerprint density at radius 2 is 1.97 bits per heavy atom. The van der Waals surface area contributed by atoms with Crippen molar-refractivity contribution >= 4 is 50.5 Å². The van der Waals surface area contributed by atoms with Gasteiger partial charge in [-0.05, 0) is 43.5 Å². The maximum absolute atomic E-state index is 12.2. The Labute approximate surface area is 183 Å². The van der Waals surface area contributed by atoms with Gasteiger partial charge < -0.3 is 9.64 Å². The van der Waals surface area contributed by atoms with Crippen molar-refractivity contribution in [1.82, 2.24) is 4.98 Å². The summed E-state index contributed by atoms with van der Waals surface area (Å²) in [4.78, 5) is 18.8. The molecule has 2 heterocycles. The number of para-hydroxylation sites is 1. The highest BCUT2D eigenvalue weighted by Crippen LogP contribution is 2.44. The summed E-state index contributed by atoms with van der Waals surface area (Å²) in [5.41, 5.74) is 4.18. The number of thiazole rings is 1. The first kappa shape index (κ1) is 20.2. The number of anilines is 1. The lowest BCUT2D eigenvalue weighted by molar-refractivity contribution is -0.142. The van der Waals surface area contributed by atoms with Crippen molar-refractivity contribution in [2.24, 2.45) is 0 Å². The van der Waals surface area contributed by atoms with Gasteiger partial charge in [0.05, 0.1) is 23.2 Å². The van der Waals surface area contributed by atoms with E-state index in [0.717, 1.165) is 32.2 Å². The fraction of sp³-hybridized carbons (Fsp3) is 0.174. The molecule has 3 aromatic rings. The molecule has 0 radical (unpaired) electrons. The summed E-state index contributed by atoms with van der Waals surface area (Å²) in [6, 6.07) is 18.2. The molecule has 0 N–H and O–H groups in total. The van der Waals surface area contributed by atoms with E-state index in [1.807, 2.05) is 65.8 Å². The van der Waals surface area contributed by atoms with Gasteiger partial charge in [-0.3, -0.25) is 4.79 Å². The van der Waals surface area contributed by atoms with Crippen LogP contribution in [0.25, 0.3) is 15.8 Å². The second-order valence-electron chi connectivity index (χ2n) is 6.66. The summed E-state index contributed by atoms with van der Waals surface area (Å²) >= 11 is 2.93. The molecule has 2 aromatic carbocycles. The molecule has 5 nitrogen and oxygen atoms in total. The number of fused-ring (bicyclic) bond motifs is 1. The zero-order valence-corrected chi connectivity index (χ0v) is 18.2. The molecule has 7 heteroatoms. The SMILES string of the molecule is CCOC(=O)CC1=CS/C(=C(/C#N)c2nc3ccccc3s2)N1c1ccc(C)cc1. The van der Waals surface area contributed by atoms with E-state index < -0.39 is 0 Å². The number of hydrogen-bond acceptors (Lipinski definition) is 7. The molecule has 0 aliphatic carbocycles.